The van der Waals surface area contributed by atoms with E-state index in [-0.39, 0.29) is 23.1 Å². The Bertz CT molecular complexity index is 508. The van der Waals surface area contributed by atoms with Crippen molar-refractivity contribution >= 4 is 17.5 Å². The Morgan fingerprint density at radius 3 is 2.62 bits per heavy atom. The maximum atomic E-state index is 11.9. The molecule has 1 aromatic carbocycles. The van der Waals surface area contributed by atoms with E-state index >= 15 is 0 Å². The van der Waals surface area contributed by atoms with Gasteiger partial charge in [0.05, 0.1) is 18.7 Å². The van der Waals surface area contributed by atoms with Crippen LogP contribution in [0.5, 0.6) is 11.5 Å². The first-order chi connectivity index (χ1) is 9.76. The Labute approximate surface area is 123 Å². The number of nitrogens with one attached hydrogen (secondary N) is 1. The molecule has 0 saturated carbocycles. The van der Waals surface area contributed by atoms with Gasteiger partial charge in [-0.25, -0.2) is 0 Å². The number of aliphatic hydroxyl groups is 1. The number of aliphatic hydroxyl groups excluding tert-OH is 1. The van der Waals surface area contributed by atoms with Gasteiger partial charge in [-0.2, -0.15) is 13.2 Å². The molecule has 5 nitrogen and oxygen atoms in total. The number of alkyl halides is 3. The largest absolute Gasteiger partial charge is 0.493 e. The van der Waals surface area contributed by atoms with E-state index in [0.717, 1.165) is 0 Å². The number of carbonyl (C=O) groups excluding carboxylic acids is 1. The van der Waals surface area contributed by atoms with Crippen LogP contribution in [-0.2, 0) is 11.4 Å². The Morgan fingerprint density at radius 2 is 2.10 bits per heavy atom. The number of hydrogen-bond acceptors (Lipinski definition) is 4. The fraction of sp³-hybridized carbons (Fsp3) is 0.417. The van der Waals surface area contributed by atoms with Crippen molar-refractivity contribution in [1.29, 1.82) is 0 Å². The summed E-state index contributed by atoms with van der Waals surface area (Å²) in [7, 11) is 1.32. The lowest BCUT2D eigenvalue weighted by Crippen LogP contribution is -2.36. The minimum Gasteiger partial charge on any atom is -0.493 e. The highest BCUT2D eigenvalue weighted by atomic mass is 35.5. The topological polar surface area (TPSA) is 67.8 Å². The Morgan fingerprint density at radius 1 is 1.43 bits per heavy atom. The first kappa shape index (κ1) is 17.4. The zero-order valence-electron chi connectivity index (χ0n) is 11.0. The number of hydrogen-bond donors (Lipinski definition) is 2. The van der Waals surface area contributed by atoms with E-state index in [0.29, 0.717) is 5.56 Å². The summed E-state index contributed by atoms with van der Waals surface area (Å²) in [5.74, 6) is -0.773. The molecule has 0 aliphatic rings. The van der Waals surface area contributed by atoms with E-state index in [2.05, 4.69) is 0 Å². The molecule has 0 bridgehead atoms. The van der Waals surface area contributed by atoms with Crippen molar-refractivity contribution in [2.75, 3.05) is 20.3 Å². The van der Waals surface area contributed by atoms with Gasteiger partial charge in [0.2, 0.25) is 0 Å². The van der Waals surface area contributed by atoms with E-state index in [1.54, 1.807) is 5.32 Å². The summed E-state index contributed by atoms with van der Waals surface area (Å²) in [6.07, 6.45) is -4.49. The van der Waals surface area contributed by atoms with Gasteiger partial charge in [-0.15, -0.1) is 0 Å². The molecule has 0 aliphatic heterocycles. The third-order valence-electron chi connectivity index (χ3n) is 2.31. The summed E-state index contributed by atoms with van der Waals surface area (Å²) in [6.45, 7) is -2.36. The normalized spacial score (nSPS) is 11.1. The monoisotopic (exact) mass is 327 g/mol. The van der Waals surface area contributed by atoms with Crippen LogP contribution >= 0.6 is 11.6 Å². The van der Waals surface area contributed by atoms with Crippen LogP contribution in [0.25, 0.3) is 0 Å². The molecule has 0 aliphatic carbocycles. The van der Waals surface area contributed by atoms with Gasteiger partial charge in [0.1, 0.15) is 6.54 Å². The maximum Gasteiger partial charge on any atom is 0.405 e. The van der Waals surface area contributed by atoms with Gasteiger partial charge in [0.15, 0.2) is 18.1 Å². The number of methoxy groups -OCH3 is 1. The lowest BCUT2D eigenvalue weighted by Gasteiger charge is -2.14. The fourth-order valence-electron chi connectivity index (χ4n) is 1.39. The molecular weight excluding hydrogens is 315 g/mol. The maximum absolute atomic E-state index is 11.9. The molecule has 1 rings (SSSR count). The van der Waals surface area contributed by atoms with Gasteiger partial charge in [0, 0.05) is 0 Å². The van der Waals surface area contributed by atoms with Crippen LogP contribution in [0.2, 0.25) is 5.02 Å². The molecule has 1 amide bonds. The van der Waals surface area contributed by atoms with E-state index in [4.69, 9.17) is 26.2 Å². The first-order valence-corrected chi connectivity index (χ1v) is 6.08. The molecule has 0 radical (unpaired) electrons. The molecule has 0 aromatic heterocycles. The summed E-state index contributed by atoms with van der Waals surface area (Å²) in [6, 6.07) is 2.84. The number of rotatable bonds is 6. The highest BCUT2D eigenvalue weighted by Crippen LogP contribution is 2.36. The van der Waals surface area contributed by atoms with Gasteiger partial charge in [-0.3, -0.25) is 4.79 Å². The van der Waals surface area contributed by atoms with Crippen LogP contribution < -0.4 is 14.8 Å². The first-order valence-electron chi connectivity index (χ1n) is 5.70. The summed E-state index contributed by atoms with van der Waals surface area (Å²) in [5, 5.41) is 10.7. The lowest BCUT2D eigenvalue weighted by atomic mass is 10.2. The molecule has 0 heterocycles. The number of amides is 1. The zero-order chi connectivity index (χ0) is 16.0. The van der Waals surface area contributed by atoms with E-state index in [9.17, 15) is 18.0 Å². The minimum atomic E-state index is -4.49. The average Bonchev–Trinajstić information content (AvgIpc) is 2.42. The van der Waals surface area contributed by atoms with Gasteiger partial charge in [-0.1, -0.05) is 11.6 Å². The van der Waals surface area contributed by atoms with Crippen molar-refractivity contribution < 1.29 is 32.5 Å². The van der Waals surface area contributed by atoms with Crippen molar-refractivity contribution in [3.05, 3.63) is 22.7 Å². The van der Waals surface area contributed by atoms with Crippen molar-refractivity contribution in [3.8, 4) is 11.5 Å². The van der Waals surface area contributed by atoms with Crippen LogP contribution in [0.15, 0.2) is 12.1 Å². The fourth-order valence-corrected chi connectivity index (χ4v) is 1.68. The predicted octanol–water partition coefficient (Wildman–Crippen LogP) is 1.90. The minimum absolute atomic E-state index is 0.0125. The SMILES string of the molecule is COc1cc(CO)cc(Cl)c1OCC(=O)NCC(F)(F)F. The van der Waals surface area contributed by atoms with Crippen molar-refractivity contribution in [2.24, 2.45) is 0 Å². The Balaban J connectivity index is 2.69. The molecule has 1 aromatic rings. The second-order valence-electron chi connectivity index (χ2n) is 3.95. The summed E-state index contributed by atoms with van der Waals surface area (Å²) < 4.78 is 45.8. The van der Waals surface area contributed by atoms with E-state index in [1.165, 1.54) is 19.2 Å². The summed E-state index contributed by atoms with van der Waals surface area (Å²) in [4.78, 5) is 11.2. The molecule has 21 heavy (non-hydrogen) atoms. The van der Waals surface area contributed by atoms with Crippen LogP contribution in [-0.4, -0.2) is 37.5 Å². The molecular formula is C12H13ClF3NO4. The molecule has 9 heteroatoms. The average molecular weight is 328 g/mol. The molecule has 0 fully saturated rings. The molecule has 118 valence electrons. The van der Waals surface area contributed by atoms with Crippen LogP contribution in [0.4, 0.5) is 13.2 Å². The highest BCUT2D eigenvalue weighted by molar-refractivity contribution is 6.32. The molecule has 0 saturated heterocycles. The van der Waals surface area contributed by atoms with Crippen molar-refractivity contribution in [3.63, 3.8) is 0 Å². The van der Waals surface area contributed by atoms with Gasteiger partial charge < -0.3 is 19.9 Å². The number of carbonyl (C=O) groups is 1. The molecule has 0 atom stereocenters. The molecule has 2 N–H and O–H groups in total. The summed E-state index contributed by atoms with van der Waals surface area (Å²) in [5.41, 5.74) is 0.464. The number of halogens is 4. The Hall–Kier alpha value is -1.67. The van der Waals surface area contributed by atoms with E-state index < -0.39 is 25.2 Å². The van der Waals surface area contributed by atoms with Crippen molar-refractivity contribution in [1.82, 2.24) is 5.32 Å². The third-order valence-corrected chi connectivity index (χ3v) is 2.59. The second-order valence-corrected chi connectivity index (χ2v) is 4.35. The third kappa shape index (κ3) is 5.68. The number of ether oxygens (including phenoxy) is 2. The van der Waals surface area contributed by atoms with Crippen LogP contribution in [0, 0.1) is 0 Å². The quantitative estimate of drug-likeness (QED) is 0.837. The van der Waals surface area contributed by atoms with Gasteiger partial charge in [0.25, 0.3) is 5.91 Å². The van der Waals surface area contributed by atoms with Gasteiger partial charge >= 0.3 is 6.18 Å². The van der Waals surface area contributed by atoms with Crippen LogP contribution in [0.1, 0.15) is 5.56 Å². The summed E-state index contributed by atoms with van der Waals surface area (Å²) >= 11 is 5.90. The second kappa shape index (κ2) is 7.37. The Kier molecular flexibility index (Phi) is 6.10. The zero-order valence-corrected chi connectivity index (χ0v) is 11.7. The molecule has 0 spiro atoms. The highest BCUT2D eigenvalue weighted by Gasteiger charge is 2.27. The predicted molar refractivity (Wildman–Crippen MR) is 68.5 cm³/mol. The lowest BCUT2D eigenvalue weighted by molar-refractivity contribution is -0.139. The smallest absolute Gasteiger partial charge is 0.405 e. The molecule has 0 unspecified atom stereocenters. The van der Waals surface area contributed by atoms with Gasteiger partial charge in [-0.05, 0) is 17.7 Å². The standard InChI is InChI=1S/C12H13ClF3NO4/c1-20-9-3-7(4-18)2-8(13)11(9)21-5-10(19)17-6-12(14,15)16/h2-3,18H,4-6H2,1H3,(H,17,19). The van der Waals surface area contributed by atoms with Crippen LogP contribution in [0.3, 0.4) is 0 Å². The number of benzene rings is 1. The van der Waals surface area contributed by atoms with E-state index in [1.807, 2.05) is 0 Å². The van der Waals surface area contributed by atoms with Crippen molar-refractivity contribution in [2.45, 2.75) is 12.8 Å².